The van der Waals surface area contributed by atoms with E-state index in [1.54, 1.807) is 6.07 Å². The molecule has 0 aromatic heterocycles. The van der Waals surface area contributed by atoms with E-state index < -0.39 is 11.1 Å². The molecule has 0 N–H and O–H groups in total. The second kappa shape index (κ2) is 8.04. The summed E-state index contributed by atoms with van der Waals surface area (Å²) >= 11 is 3.66. The van der Waals surface area contributed by atoms with Gasteiger partial charge in [0.2, 0.25) is 0 Å². The molecule has 0 saturated heterocycles. The average molecular weight is 305 g/mol. The summed E-state index contributed by atoms with van der Waals surface area (Å²) in [5, 5.41) is 0.285. The molecule has 0 aliphatic carbocycles. The standard InChI is InChI=1S/C13H11ClO3S.Na/c14-12-8-11(18(15)16)6-7-13(12)17-9-10-4-2-1-3-5-10;/h1-8H,9H2,(H,15,16);/q;+1/p-1. The third-order valence-corrected chi connectivity index (χ3v) is 3.27. The second-order valence-corrected chi connectivity index (χ2v) is 4.95. The fraction of sp³-hybridized carbons (Fsp3) is 0.0769. The fourth-order valence-electron chi connectivity index (χ4n) is 1.44. The summed E-state index contributed by atoms with van der Waals surface area (Å²) in [7, 11) is 0. The largest absolute Gasteiger partial charge is 1.00 e. The van der Waals surface area contributed by atoms with Crippen LogP contribution in [0.3, 0.4) is 0 Å². The maximum absolute atomic E-state index is 10.7. The van der Waals surface area contributed by atoms with Crippen LogP contribution in [-0.4, -0.2) is 8.76 Å². The molecule has 3 nitrogen and oxygen atoms in total. The number of rotatable bonds is 4. The van der Waals surface area contributed by atoms with Crippen LogP contribution in [0.1, 0.15) is 5.56 Å². The number of hydrogen-bond donors (Lipinski definition) is 0. The predicted molar refractivity (Wildman–Crippen MR) is 69.4 cm³/mol. The molecule has 94 valence electrons. The van der Waals surface area contributed by atoms with E-state index in [-0.39, 0.29) is 39.5 Å². The van der Waals surface area contributed by atoms with Crippen molar-refractivity contribution in [3.8, 4) is 5.75 Å². The van der Waals surface area contributed by atoms with Crippen LogP contribution >= 0.6 is 11.6 Å². The normalized spacial score (nSPS) is 11.5. The molecule has 2 aromatic carbocycles. The van der Waals surface area contributed by atoms with Gasteiger partial charge in [-0.1, -0.05) is 41.9 Å². The van der Waals surface area contributed by atoms with Gasteiger partial charge in [0.05, 0.1) is 5.02 Å². The Bertz CT molecular complexity index is 563. The van der Waals surface area contributed by atoms with Gasteiger partial charge >= 0.3 is 29.6 Å². The van der Waals surface area contributed by atoms with E-state index in [9.17, 15) is 8.76 Å². The summed E-state index contributed by atoms with van der Waals surface area (Å²) in [6.07, 6.45) is 0. The smallest absolute Gasteiger partial charge is 0.768 e. The average Bonchev–Trinajstić information content (AvgIpc) is 2.38. The Kier molecular flexibility index (Phi) is 7.07. The Balaban J connectivity index is 0.00000180. The molecule has 0 saturated carbocycles. The Hall–Kier alpha value is -0.360. The van der Waals surface area contributed by atoms with Crippen molar-refractivity contribution in [2.24, 2.45) is 0 Å². The van der Waals surface area contributed by atoms with Crippen molar-refractivity contribution in [3.63, 3.8) is 0 Å². The van der Waals surface area contributed by atoms with E-state index in [0.717, 1.165) is 5.56 Å². The second-order valence-electron chi connectivity index (χ2n) is 3.60. The third-order valence-electron chi connectivity index (χ3n) is 2.33. The SMILES string of the molecule is O=S([O-])c1ccc(OCc2ccccc2)c(Cl)c1.[Na+]. The first-order valence-electron chi connectivity index (χ1n) is 5.22. The van der Waals surface area contributed by atoms with E-state index in [1.807, 2.05) is 30.3 Å². The molecule has 0 aliphatic rings. The summed E-state index contributed by atoms with van der Waals surface area (Å²) in [4.78, 5) is 0.145. The number of ether oxygens (including phenoxy) is 1. The Morgan fingerprint density at radius 1 is 1.16 bits per heavy atom. The van der Waals surface area contributed by atoms with Crippen LogP contribution in [0.2, 0.25) is 5.02 Å². The summed E-state index contributed by atoms with van der Waals surface area (Å²) in [6.45, 7) is 0.389. The van der Waals surface area contributed by atoms with Gasteiger partial charge in [-0.05, 0) is 34.8 Å². The van der Waals surface area contributed by atoms with Crippen molar-refractivity contribution >= 4 is 22.7 Å². The van der Waals surface area contributed by atoms with Gasteiger partial charge in [-0.3, -0.25) is 4.21 Å². The number of halogens is 1. The summed E-state index contributed by atoms with van der Waals surface area (Å²) in [5.74, 6) is 0.467. The maximum atomic E-state index is 10.7. The summed E-state index contributed by atoms with van der Waals surface area (Å²) in [5.41, 5.74) is 1.02. The van der Waals surface area contributed by atoms with Gasteiger partial charge in [0.25, 0.3) is 0 Å². The van der Waals surface area contributed by atoms with Crippen molar-refractivity contribution in [2.75, 3.05) is 0 Å². The van der Waals surface area contributed by atoms with Gasteiger partial charge in [0.1, 0.15) is 12.4 Å². The maximum Gasteiger partial charge on any atom is 1.00 e. The first-order valence-corrected chi connectivity index (χ1v) is 6.67. The minimum absolute atomic E-state index is 0. The molecule has 19 heavy (non-hydrogen) atoms. The Morgan fingerprint density at radius 3 is 2.42 bits per heavy atom. The zero-order chi connectivity index (χ0) is 13.0. The topological polar surface area (TPSA) is 49.4 Å². The van der Waals surface area contributed by atoms with Crippen LogP contribution in [0, 0.1) is 0 Å². The minimum atomic E-state index is -2.28. The zero-order valence-corrected chi connectivity index (χ0v) is 13.9. The van der Waals surface area contributed by atoms with Crippen molar-refractivity contribution in [1.29, 1.82) is 0 Å². The van der Waals surface area contributed by atoms with Crippen molar-refractivity contribution < 1.29 is 43.1 Å². The molecular formula is C13H10ClNaO3S. The molecule has 0 bridgehead atoms. The van der Waals surface area contributed by atoms with E-state index >= 15 is 0 Å². The van der Waals surface area contributed by atoms with Crippen LogP contribution in [-0.2, 0) is 17.7 Å². The first-order chi connectivity index (χ1) is 8.66. The number of benzene rings is 2. The van der Waals surface area contributed by atoms with Crippen LogP contribution < -0.4 is 34.3 Å². The predicted octanol–water partition coefficient (Wildman–Crippen LogP) is 0.161. The van der Waals surface area contributed by atoms with Gasteiger partial charge in [-0.25, -0.2) is 0 Å². The van der Waals surface area contributed by atoms with Crippen molar-refractivity contribution in [3.05, 3.63) is 59.1 Å². The summed E-state index contributed by atoms with van der Waals surface area (Å²) in [6, 6.07) is 14.0. The van der Waals surface area contributed by atoms with Crippen LogP contribution in [0.25, 0.3) is 0 Å². The Morgan fingerprint density at radius 2 is 1.84 bits per heavy atom. The molecule has 0 radical (unpaired) electrons. The third kappa shape index (κ3) is 4.91. The molecular weight excluding hydrogens is 295 g/mol. The van der Waals surface area contributed by atoms with Crippen LogP contribution in [0.15, 0.2) is 53.4 Å². The molecule has 6 heteroatoms. The molecule has 1 atom stereocenters. The molecule has 2 aromatic rings. The van der Waals surface area contributed by atoms with Gasteiger partial charge in [0, 0.05) is 4.90 Å². The van der Waals surface area contributed by atoms with Crippen molar-refractivity contribution in [2.45, 2.75) is 11.5 Å². The van der Waals surface area contributed by atoms with Crippen molar-refractivity contribution in [1.82, 2.24) is 0 Å². The zero-order valence-electron chi connectivity index (χ0n) is 10.3. The molecule has 0 fully saturated rings. The molecule has 0 amide bonds. The van der Waals surface area contributed by atoms with Crippen LogP contribution in [0.5, 0.6) is 5.75 Å². The quantitative estimate of drug-likeness (QED) is 0.597. The molecule has 0 heterocycles. The molecule has 2 rings (SSSR count). The van der Waals surface area contributed by atoms with Gasteiger partial charge in [-0.2, -0.15) is 0 Å². The van der Waals surface area contributed by atoms with Gasteiger partial charge in [0.15, 0.2) is 0 Å². The molecule has 0 aliphatic heterocycles. The first kappa shape index (κ1) is 16.7. The minimum Gasteiger partial charge on any atom is -0.768 e. The fourth-order valence-corrected chi connectivity index (χ4v) is 2.13. The van der Waals surface area contributed by atoms with Gasteiger partial charge < -0.3 is 9.29 Å². The van der Waals surface area contributed by atoms with E-state index in [0.29, 0.717) is 12.4 Å². The van der Waals surface area contributed by atoms with E-state index in [1.165, 1.54) is 12.1 Å². The molecule has 1 unspecified atom stereocenters. The number of hydrogen-bond acceptors (Lipinski definition) is 3. The van der Waals surface area contributed by atoms with E-state index in [2.05, 4.69) is 0 Å². The monoisotopic (exact) mass is 304 g/mol. The van der Waals surface area contributed by atoms with Gasteiger partial charge in [-0.15, -0.1) is 0 Å². The molecule has 0 spiro atoms. The van der Waals surface area contributed by atoms with Crippen LogP contribution in [0.4, 0.5) is 0 Å². The van der Waals surface area contributed by atoms with E-state index in [4.69, 9.17) is 16.3 Å². The Labute approximate surface area is 141 Å². The summed E-state index contributed by atoms with van der Waals surface area (Å²) < 4.78 is 27.0.